The molecular formula is C13H15NO5S2. The van der Waals surface area contributed by atoms with Gasteiger partial charge in [0.25, 0.3) is 0 Å². The number of esters is 2. The van der Waals surface area contributed by atoms with Crippen LogP contribution in [-0.2, 0) is 9.47 Å². The fraction of sp³-hybridized carbons (Fsp3) is 0.385. The number of fused-ring (bicyclic) bond motifs is 1. The van der Waals surface area contributed by atoms with Gasteiger partial charge >= 0.3 is 11.9 Å². The summed E-state index contributed by atoms with van der Waals surface area (Å²) in [5.74, 6) is -1.20. The highest BCUT2D eigenvalue weighted by molar-refractivity contribution is 8.00. The van der Waals surface area contributed by atoms with Gasteiger partial charge in [-0.3, -0.25) is 0 Å². The van der Waals surface area contributed by atoms with E-state index in [1.165, 1.54) is 23.1 Å². The van der Waals surface area contributed by atoms with Gasteiger partial charge in [0.1, 0.15) is 11.3 Å². The molecule has 0 aliphatic carbocycles. The van der Waals surface area contributed by atoms with Crippen molar-refractivity contribution < 1.29 is 23.5 Å². The van der Waals surface area contributed by atoms with E-state index in [2.05, 4.69) is 0 Å². The van der Waals surface area contributed by atoms with Gasteiger partial charge in [-0.2, -0.15) is 0 Å². The lowest BCUT2D eigenvalue weighted by molar-refractivity contribution is 0.0486. The molecule has 0 unspecified atom stereocenters. The number of rotatable bonds is 5. The van der Waals surface area contributed by atoms with Gasteiger partial charge in [0, 0.05) is 0 Å². The van der Waals surface area contributed by atoms with Gasteiger partial charge < -0.3 is 19.6 Å². The third kappa shape index (κ3) is 2.73. The maximum Gasteiger partial charge on any atom is 0.376 e. The minimum Gasteiger partial charge on any atom is -0.462 e. The first-order valence-corrected chi connectivity index (χ1v) is 8.32. The maximum absolute atomic E-state index is 12.1. The van der Waals surface area contributed by atoms with Crippen LogP contribution in [0.5, 0.6) is 0 Å². The van der Waals surface area contributed by atoms with E-state index in [1.807, 2.05) is 6.26 Å². The summed E-state index contributed by atoms with van der Waals surface area (Å²) < 4.78 is 16.7. The Kier molecular flexibility index (Phi) is 4.79. The number of thioether (sulfide) groups is 1. The number of nitrogens with two attached hydrogens (primary N) is 1. The molecule has 2 aromatic heterocycles. The van der Waals surface area contributed by atoms with Gasteiger partial charge in [0.2, 0.25) is 5.76 Å². The highest BCUT2D eigenvalue weighted by Crippen LogP contribution is 2.43. The lowest BCUT2D eigenvalue weighted by Crippen LogP contribution is -2.06. The Morgan fingerprint density at radius 3 is 2.43 bits per heavy atom. The lowest BCUT2D eigenvalue weighted by atomic mass is 10.3. The van der Waals surface area contributed by atoms with Crippen molar-refractivity contribution in [3.63, 3.8) is 0 Å². The van der Waals surface area contributed by atoms with Gasteiger partial charge in [0.15, 0.2) is 5.58 Å². The van der Waals surface area contributed by atoms with Crippen LogP contribution in [0.4, 0.5) is 5.69 Å². The number of ether oxygens (including phenoxy) is 2. The highest BCUT2D eigenvalue weighted by atomic mass is 32.2. The molecule has 6 nitrogen and oxygen atoms in total. The number of hydrogen-bond donors (Lipinski definition) is 1. The monoisotopic (exact) mass is 329 g/mol. The molecule has 0 spiro atoms. The SMILES string of the molecule is CCOC(=O)c1oc2c(C(=O)OCC)c(SC)sc2c1N. The van der Waals surface area contributed by atoms with Crippen LogP contribution >= 0.6 is 23.1 Å². The van der Waals surface area contributed by atoms with E-state index in [1.54, 1.807) is 13.8 Å². The number of furan rings is 1. The van der Waals surface area contributed by atoms with Crippen molar-refractivity contribution in [1.82, 2.24) is 0 Å². The molecule has 0 aromatic carbocycles. The van der Waals surface area contributed by atoms with E-state index in [9.17, 15) is 9.59 Å². The molecular weight excluding hydrogens is 314 g/mol. The van der Waals surface area contributed by atoms with Crippen LogP contribution in [0.15, 0.2) is 8.63 Å². The molecule has 8 heteroatoms. The summed E-state index contributed by atoms with van der Waals surface area (Å²) in [5.41, 5.74) is 6.72. The summed E-state index contributed by atoms with van der Waals surface area (Å²) in [6.45, 7) is 3.88. The van der Waals surface area contributed by atoms with Crippen LogP contribution in [0.2, 0.25) is 0 Å². The predicted molar refractivity (Wildman–Crippen MR) is 82.2 cm³/mol. The standard InChI is InChI=1S/C13H15NO5S2/c1-4-17-11(15)6-8-10(21-13(6)20-3)7(14)9(19-8)12(16)18-5-2/h4-5,14H2,1-3H3. The molecule has 0 aliphatic rings. The fourth-order valence-corrected chi connectivity index (χ4v) is 3.67. The third-order valence-electron chi connectivity index (χ3n) is 2.65. The number of hydrogen-bond acceptors (Lipinski definition) is 8. The Morgan fingerprint density at radius 2 is 1.86 bits per heavy atom. The smallest absolute Gasteiger partial charge is 0.376 e. The van der Waals surface area contributed by atoms with Crippen molar-refractivity contribution in [1.29, 1.82) is 0 Å². The number of carbonyl (C=O) groups excluding carboxylic acids is 2. The molecule has 2 N–H and O–H groups in total. The first kappa shape index (κ1) is 15.7. The van der Waals surface area contributed by atoms with E-state index in [-0.39, 0.29) is 30.2 Å². The minimum absolute atomic E-state index is 0.0729. The predicted octanol–water partition coefficient (Wildman–Crippen LogP) is 3.15. The second-order valence-corrected chi connectivity index (χ2v) is 6.01. The van der Waals surface area contributed by atoms with Crippen molar-refractivity contribution in [2.45, 2.75) is 18.1 Å². The highest BCUT2D eigenvalue weighted by Gasteiger charge is 2.29. The molecule has 0 radical (unpaired) electrons. The topological polar surface area (TPSA) is 91.8 Å². The lowest BCUT2D eigenvalue weighted by Gasteiger charge is -2.02. The van der Waals surface area contributed by atoms with Crippen LogP contribution in [-0.4, -0.2) is 31.4 Å². The molecule has 0 atom stereocenters. The summed E-state index contributed by atoms with van der Waals surface area (Å²) in [5, 5.41) is 0. The first-order chi connectivity index (χ1) is 10.0. The van der Waals surface area contributed by atoms with Crippen molar-refractivity contribution in [2.75, 3.05) is 25.2 Å². The molecule has 0 bridgehead atoms. The van der Waals surface area contributed by atoms with Crippen molar-refractivity contribution in [2.24, 2.45) is 0 Å². The molecule has 0 saturated carbocycles. The summed E-state index contributed by atoms with van der Waals surface area (Å²) in [4.78, 5) is 23.9. The van der Waals surface area contributed by atoms with Crippen LogP contribution < -0.4 is 5.73 Å². The molecule has 2 rings (SSSR count). The van der Waals surface area contributed by atoms with Crippen molar-refractivity contribution in [3.05, 3.63) is 11.3 Å². The van der Waals surface area contributed by atoms with E-state index < -0.39 is 11.9 Å². The number of anilines is 1. The van der Waals surface area contributed by atoms with E-state index in [4.69, 9.17) is 19.6 Å². The molecule has 2 aromatic rings. The Labute approximate surface area is 129 Å². The molecule has 0 fully saturated rings. The Hall–Kier alpha value is -1.67. The first-order valence-electron chi connectivity index (χ1n) is 6.28. The molecule has 2 heterocycles. The van der Waals surface area contributed by atoms with E-state index in [0.29, 0.717) is 10.3 Å². The zero-order chi connectivity index (χ0) is 15.6. The van der Waals surface area contributed by atoms with Gasteiger partial charge in [-0.25, -0.2) is 9.59 Å². The average Bonchev–Trinajstić information content (AvgIpc) is 2.96. The third-order valence-corrected chi connectivity index (χ3v) is 4.98. The molecule has 0 aliphatic heterocycles. The summed E-state index contributed by atoms with van der Waals surface area (Å²) in [6.07, 6.45) is 1.84. The fourth-order valence-electron chi connectivity index (χ4n) is 1.80. The van der Waals surface area contributed by atoms with Crippen molar-refractivity contribution >= 4 is 51.0 Å². The van der Waals surface area contributed by atoms with Gasteiger partial charge in [-0.15, -0.1) is 23.1 Å². The molecule has 114 valence electrons. The molecule has 0 amide bonds. The van der Waals surface area contributed by atoms with Crippen LogP contribution in [0.3, 0.4) is 0 Å². The van der Waals surface area contributed by atoms with Crippen molar-refractivity contribution in [3.8, 4) is 0 Å². The zero-order valence-corrected chi connectivity index (χ0v) is 13.5. The second-order valence-electron chi connectivity index (χ2n) is 3.91. The molecule has 21 heavy (non-hydrogen) atoms. The minimum atomic E-state index is -0.640. The molecule has 0 saturated heterocycles. The van der Waals surface area contributed by atoms with Crippen LogP contribution in [0, 0.1) is 0 Å². The largest absolute Gasteiger partial charge is 0.462 e. The van der Waals surface area contributed by atoms with Gasteiger partial charge in [0.05, 0.1) is 22.1 Å². The number of thiophene rings is 1. The Bertz CT molecular complexity index is 688. The van der Waals surface area contributed by atoms with Gasteiger partial charge in [-0.1, -0.05) is 0 Å². The zero-order valence-electron chi connectivity index (χ0n) is 11.8. The Balaban J connectivity index is 2.59. The summed E-state index contributed by atoms with van der Waals surface area (Å²) in [6, 6.07) is 0. The Morgan fingerprint density at radius 1 is 1.24 bits per heavy atom. The van der Waals surface area contributed by atoms with E-state index in [0.717, 1.165) is 4.21 Å². The second kappa shape index (κ2) is 6.40. The average molecular weight is 329 g/mol. The van der Waals surface area contributed by atoms with E-state index >= 15 is 0 Å². The van der Waals surface area contributed by atoms with Gasteiger partial charge in [-0.05, 0) is 20.1 Å². The van der Waals surface area contributed by atoms with Crippen LogP contribution in [0.1, 0.15) is 34.8 Å². The number of carbonyl (C=O) groups is 2. The normalized spacial score (nSPS) is 10.8. The number of nitrogen functional groups attached to an aromatic ring is 1. The van der Waals surface area contributed by atoms with Crippen LogP contribution in [0.25, 0.3) is 10.3 Å². The summed E-state index contributed by atoms with van der Waals surface area (Å²) in [7, 11) is 0. The quantitative estimate of drug-likeness (QED) is 0.665. The maximum atomic E-state index is 12.1. The summed E-state index contributed by atoms with van der Waals surface area (Å²) >= 11 is 2.70.